The first-order valence-electron chi connectivity index (χ1n) is 5.49. The number of carbonyl (C=O) groups is 1. The van der Waals surface area contributed by atoms with Gasteiger partial charge in [-0.2, -0.15) is 0 Å². The van der Waals surface area contributed by atoms with Crippen LogP contribution >= 0.6 is 15.9 Å². The van der Waals surface area contributed by atoms with Crippen molar-refractivity contribution in [1.82, 2.24) is 5.16 Å². The molecule has 0 bridgehead atoms. The van der Waals surface area contributed by atoms with Crippen molar-refractivity contribution in [2.24, 2.45) is 0 Å². The van der Waals surface area contributed by atoms with Crippen molar-refractivity contribution in [3.63, 3.8) is 0 Å². The Morgan fingerprint density at radius 2 is 2.06 bits per heavy atom. The fourth-order valence-corrected chi connectivity index (χ4v) is 1.87. The van der Waals surface area contributed by atoms with E-state index in [0.29, 0.717) is 11.5 Å². The minimum Gasteiger partial charge on any atom is -0.361 e. The Hall–Kier alpha value is -1.62. The highest BCUT2D eigenvalue weighted by atomic mass is 79.9. The second-order valence-corrected chi connectivity index (χ2v) is 4.98. The van der Waals surface area contributed by atoms with E-state index >= 15 is 0 Å². The van der Waals surface area contributed by atoms with E-state index in [0.717, 1.165) is 21.3 Å². The number of anilines is 1. The Labute approximate surface area is 113 Å². The SMILES string of the molecule is Cc1ccc(NC(=O)c2noc(C)c2C)cc1Br. The number of aromatic nitrogens is 1. The summed E-state index contributed by atoms with van der Waals surface area (Å²) in [5.41, 5.74) is 2.92. The number of nitrogens with one attached hydrogen (secondary N) is 1. The zero-order valence-corrected chi connectivity index (χ0v) is 12.0. The fraction of sp³-hybridized carbons (Fsp3) is 0.231. The average Bonchev–Trinajstić information content (AvgIpc) is 2.65. The molecule has 1 aromatic carbocycles. The summed E-state index contributed by atoms with van der Waals surface area (Å²) < 4.78 is 5.93. The van der Waals surface area contributed by atoms with Crippen molar-refractivity contribution in [3.8, 4) is 0 Å². The molecule has 94 valence electrons. The highest BCUT2D eigenvalue weighted by molar-refractivity contribution is 9.10. The molecule has 1 heterocycles. The fourth-order valence-electron chi connectivity index (χ4n) is 1.49. The van der Waals surface area contributed by atoms with E-state index in [1.807, 2.05) is 32.0 Å². The maximum atomic E-state index is 12.0. The number of benzene rings is 1. The molecule has 0 fully saturated rings. The van der Waals surface area contributed by atoms with Crippen LogP contribution in [-0.2, 0) is 0 Å². The molecule has 18 heavy (non-hydrogen) atoms. The van der Waals surface area contributed by atoms with Gasteiger partial charge in [-0.3, -0.25) is 4.79 Å². The zero-order chi connectivity index (χ0) is 13.3. The van der Waals surface area contributed by atoms with Crippen molar-refractivity contribution in [3.05, 3.63) is 45.3 Å². The maximum absolute atomic E-state index is 12.0. The van der Waals surface area contributed by atoms with Gasteiger partial charge in [0.2, 0.25) is 0 Å². The van der Waals surface area contributed by atoms with Crippen LogP contribution in [-0.4, -0.2) is 11.1 Å². The Kier molecular flexibility index (Phi) is 3.52. The number of hydrogen-bond donors (Lipinski definition) is 1. The predicted molar refractivity (Wildman–Crippen MR) is 72.8 cm³/mol. The van der Waals surface area contributed by atoms with E-state index in [4.69, 9.17) is 4.52 Å². The van der Waals surface area contributed by atoms with Gasteiger partial charge in [-0.1, -0.05) is 27.2 Å². The summed E-state index contributed by atoms with van der Waals surface area (Å²) in [6, 6.07) is 5.64. The standard InChI is InChI=1S/C13H13BrN2O2/c1-7-4-5-10(6-11(7)14)15-13(17)12-8(2)9(3)18-16-12/h4-6H,1-3H3,(H,15,17). The highest BCUT2D eigenvalue weighted by Crippen LogP contribution is 2.21. The first-order chi connectivity index (χ1) is 8.49. The second-order valence-electron chi connectivity index (χ2n) is 4.13. The Morgan fingerprint density at radius 3 is 2.61 bits per heavy atom. The molecule has 0 aliphatic rings. The van der Waals surface area contributed by atoms with Gasteiger partial charge in [0.15, 0.2) is 5.69 Å². The average molecular weight is 309 g/mol. The molecule has 2 rings (SSSR count). The number of amides is 1. The number of carbonyl (C=O) groups excluding carboxylic acids is 1. The molecule has 2 aromatic rings. The predicted octanol–water partition coefficient (Wildman–Crippen LogP) is 3.61. The van der Waals surface area contributed by atoms with Gasteiger partial charge in [0, 0.05) is 15.7 Å². The van der Waals surface area contributed by atoms with Gasteiger partial charge >= 0.3 is 0 Å². The maximum Gasteiger partial charge on any atom is 0.278 e. The van der Waals surface area contributed by atoms with Crippen LogP contribution in [0.15, 0.2) is 27.2 Å². The highest BCUT2D eigenvalue weighted by Gasteiger charge is 2.16. The van der Waals surface area contributed by atoms with Gasteiger partial charge in [0.05, 0.1) is 0 Å². The van der Waals surface area contributed by atoms with Gasteiger partial charge in [0.25, 0.3) is 5.91 Å². The van der Waals surface area contributed by atoms with Crippen molar-refractivity contribution in [2.75, 3.05) is 5.32 Å². The number of aryl methyl sites for hydroxylation is 2. The molecule has 0 unspecified atom stereocenters. The number of rotatable bonds is 2. The molecule has 0 radical (unpaired) electrons. The topological polar surface area (TPSA) is 55.1 Å². The van der Waals surface area contributed by atoms with Crippen molar-refractivity contribution in [2.45, 2.75) is 20.8 Å². The molecule has 0 saturated heterocycles. The van der Waals surface area contributed by atoms with Crippen molar-refractivity contribution >= 4 is 27.5 Å². The molecule has 4 nitrogen and oxygen atoms in total. The third kappa shape index (κ3) is 2.46. The third-order valence-electron chi connectivity index (χ3n) is 2.80. The van der Waals surface area contributed by atoms with E-state index in [1.165, 1.54) is 0 Å². The smallest absolute Gasteiger partial charge is 0.278 e. The Bertz CT molecular complexity index is 605. The second kappa shape index (κ2) is 4.94. The molecule has 0 aliphatic heterocycles. The minimum absolute atomic E-state index is 0.264. The van der Waals surface area contributed by atoms with Gasteiger partial charge in [-0.15, -0.1) is 0 Å². The first kappa shape index (κ1) is 12.8. The molecular weight excluding hydrogens is 296 g/mol. The van der Waals surface area contributed by atoms with Crippen LogP contribution in [0.2, 0.25) is 0 Å². The number of hydrogen-bond acceptors (Lipinski definition) is 3. The molecule has 1 N–H and O–H groups in total. The van der Waals surface area contributed by atoms with Crippen LogP contribution in [0.1, 0.15) is 27.4 Å². The normalized spacial score (nSPS) is 10.4. The summed E-state index contributed by atoms with van der Waals surface area (Å²) in [5.74, 6) is 0.394. The Balaban J connectivity index is 2.21. The zero-order valence-electron chi connectivity index (χ0n) is 10.4. The summed E-state index contributed by atoms with van der Waals surface area (Å²) in [6.45, 7) is 5.58. The molecule has 0 saturated carbocycles. The van der Waals surface area contributed by atoms with Crippen molar-refractivity contribution < 1.29 is 9.32 Å². The molecular formula is C13H13BrN2O2. The monoisotopic (exact) mass is 308 g/mol. The molecule has 5 heteroatoms. The third-order valence-corrected chi connectivity index (χ3v) is 3.66. The van der Waals surface area contributed by atoms with E-state index < -0.39 is 0 Å². The van der Waals surface area contributed by atoms with Crippen LogP contribution < -0.4 is 5.32 Å². The summed E-state index contributed by atoms with van der Waals surface area (Å²) in [4.78, 5) is 12.0. The van der Waals surface area contributed by atoms with Crippen molar-refractivity contribution in [1.29, 1.82) is 0 Å². The lowest BCUT2D eigenvalue weighted by Crippen LogP contribution is -2.13. The van der Waals surface area contributed by atoms with Crippen LogP contribution in [0.4, 0.5) is 5.69 Å². The summed E-state index contributed by atoms with van der Waals surface area (Å²) in [5, 5.41) is 6.54. The van der Waals surface area contributed by atoms with Gasteiger partial charge in [-0.05, 0) is 38.5 Å². The molecule has 0 atom stereocenters. The number of nitrogens with zero attached hydrogens (tertiary/aromatic N) is 1. The van der Waals surface area contributed by atoms with Gasteiger partial charge in [0.1, 0.15) is 5.76 Å². The van der Waals surface area contributed by atoms with Crippen LogP contribution in [0, 0.1) is 20.8 Å². The number of halogens is 1. The first-order valence-corrected chi connectivity index (χ1v) is 6.28. The quantitative estimate of drug-likeness (QED) is 0.922. The van der Waals surface area contributed by atoms with Gasteiger partial charge in [-0.25, -0.2) is 0 Å². The lowest BCUT2D eigenvalue weighted by Gasteiger charge is -2.05. The molecule has 1 aromatic heterocycles. The molecule has 0 spiro atoms. The van der Waals surface area contributed by atoms with E-state index in [2.05, 4.69) is 26.4 Å². The Morgan fingerprint density at radius 1 is 1.33 bits per heavy atom. The lowest BCUT2D eigenvalue weighted by molar-refractivity contribution is 0.101. The van der Waals surface area contributed by atoms with Crippen LogP contribution in [0.25, 0.3) is 0 Å². The van der Waals surface area contributed by atoms with E-state index in [9.17, 15) is 4.79 Å². The largest absolute Gasteiger partial charge is 0.361 e. The van der Waals surface area contributed by atoms with Crippen LogP contribution in [0.5, 0.6) is 0 Å². The van der Waals surface area contributed by atoms with E-state index in [1.54, 1.807) is 6.92 Å². The molecule has 1 amide bonds. The summed E-state index contributed by atoms with van der Waals surface area (Å²) >= 11 is 3.43. The lowest BCUT2D eigenvalue weighted by atomic mass is 10.2. The van der Waals surface area contributed by atoms with Crippen LogP contribution in [0.3, 0.4) is 0 Å². The summed E-state index contributed by atoms with van der Waals surface area (Å²) in [6.07, 6.45) is 0. The molecule has 0 aliphatic carbocycles. The summed E-state index contributed by atoms with van der Waals surface area (Å²) in [7, 11) is 0. The van der Waals surface area contributed by atoms with Gasteiger partial charge < -0.3 is 9.84 Å². The van der Waals surface area contributed by atoms with E-state index in [-0.39, 0.29) is 5.91 Å². The minimum atomic E-state index is -0.264.